The number of sulfonamides is 1. The average Bonchev–Trinajstić information content (AvgIpc) is 2.17. The zero-order valence-electron chi connectivity index (χ0n) is 9.42. The van der Waals surface area contributed by atoms with E-state index in [1.54, 1.807) is 25.1 Å². The van der Waals surface area contributed by atoms with Gasteiger partial charge in [-0.1, -0.05) is 25.1 Å². The van der Waals surface area contributed by atoms with E-state index in [2.05, 4.69) is 0 Å². The molecule has 0 aliphatic carbocycles. The number of hydrogen-bond acceptors (Lipinski definition) is 3. The van der Waals surface area contributed by atoms with Crippen molar-refractivity contribution in [3.8, 4) is 0 Å². The highest BCUT2D eigenvalue weighted by Crippen LogP contribution is 2.28. The summed E-state index contributed by atoms with van der Waals surface area (Å²) in [5.74, 6) is -0.213. The minimum absolute atomic E-state index is 0.0998. The Hall–Kier alpha value is -0.910. The van der Waals surface area contributed by atoms with Crippen LogP contribution in [0.3, 0.4) is 0 Å². The minimum Gasteiger partial charge on any atom is -0.393 e. The topological polar surface area (TPSA) is 80.4 Å². The lowest BCUT2D eigenvalue weighted by Crippen LogP contribution is -2.20. The molecule has 1 aromatic rings. The summed E-state index contributed by atoms with van der Waals surface area (Å²) in [5, 5.41) is 14.8. The van der Waals surface area contributed by atoms with Crippen LogP contribution in [0.1, 0.15) is 31.7 Å². The van der Waals surface area contributed by atoms with Gasteiger partial charge in [0.25, 0.3) is 0 Å². The summed E-state index contributed by atoms with van der Waals surface area (Å²) in [6, 6.07) is 6.53. The fraction of sp³-hybridized carbons (Fsp3) is 0.455. The molecule has 1 aromatic carbocycles. The van der Waals surface area contributed by atoms with Gasteiger partial charge in [0, 0.05) is 5.92 Å². The largest absolute Gasteiger partial charge is 0.393 e. The van der Waals surface area contributed by atoms with E-state index in [0.717, 1.165) is 0 Å². The fourth-order valence-electron chi connectivity index (χ4n) is 1.87. The van der Waals surface area contributed by atoms with Crippen LogP contribution in [-0.2, 0) is 10.0 Å². The number of benzene rings is 1. The maximum Gasteiger partial charge on any atom is 0.238 e. The van der Waals surface area contributed by atoms with Crippen LogP contribution < -0.4 is 5.14 Å². The first kappa shape index (κ1) is 13.2. The molecule has 0 radical (unpaired) electrons. The minimum atomic E-state index is -3.73. The van der Waals surface area contributed by atoms with Crippen molar-refractivity contribution in [1.82, 2.24) is 0 Å². The van der Waals surface area contributed by atoms with E-state index in [9.17, 15) is 13.5 Å². The van der Waals surface area contributed by atoms with Crippen molar-refractivity contribution in [3.63, 3.8) is 0 Å². The SMILES string of the molecule is CCC(c1ccccc1S(N)(=O)=O)C(C)O. The Labute approximate surface area is 96.2 Å². The maximum atomic E-state index is 11.4. The molecule has 16 heavy (non-hydrogen) atoms. The van der Waals surface area contributed by atoms with E-state index >= 15 is 0 Å². The van der Waals surface area contributed by atoms with E-state index in [1.807, 2.05) is 6.92 Å². The molecule has 0 aliphatic rings. The predicted molar refractivity (Wildman–Crippen MR) is 62.5 cm³/mol. The van der Waals surface area contributed by atoms with Crippen LogP contribution in [0.25, 0.3) is 0 Å². The molecule has 0 aliphatic heterocycles. The van der Waals surface area contributed by atoms with Crippen LogP contribution in [0.15, 0.2) is 29.2 Å². The van der Waals surface area contributed by atoms with Crippen molar-refractivity contribution in [1.29, 1.82) is 0 Å². The smallest absolute Gasteiger partial charge is 0.238 e. The maximum absolute atomic E-state index is 11.4. The van der Waals surface area contributed by atoms with E-state index in [1.165, 1.54) is 6.07 Å². The highest BCUT2D eigenvalue weighted by atomic mass is 32.2. The van der Waals surface area contributed by atoms with Gasteiger partial charge >= 0.3 is 0 Å². The molecule has 0 fully saturated rings. The van der Waals surface area contributed by atoms with E-state index in [-0.39, 0.29) is 10.8 Å². The third-order valence-corrected chi connectivity index (χ3v) is 3.63. The predicted octanol–water partition coefficient (Wildman–Crippen LogP) is 1.21. The molecule has 0 amide bonds. The molecule has 4 nitrogen and oxygen atoms in total. The summed E-state index contributed by atoms with van der Waals surface area (Å²) in [5.41, 5.74) is 0.586. The van der Waals surface area contributed by atoms with Gasteiger partial charge in [0.1, 0.15) is 0 Å². The Morgan fingerprint density at radius 3 is 2.38 bits per heavy atom. The van der Waals surface area contributed by atoms with Crippen molar-refractivity contribution in [2.45, 2.75) is 37.2 Å². The summed E-state index contributed by atoms with van der Waals surface area (Å²) in [7, 11) is -3.73. The van der Waals surface area contributed by atoms with Gasteiger partial charge in [0.15, 0.2) is 0 Å². The normalized spacial score (nSPS) is 15.8. The Bertz CT molecular complexity index is 454. The van der Waals surface area contributed by atoms with Crippen LogP contribution in [0.4, 0.5) is 0 Å². The zero-order valence-corrected chi connectivity index (χ0v) is 10.2. The van der Waals surface area contributed by atoms with Gasteiger partial charge < -0.3 is 5.11 Å². The van der Waals surface area contributed by atoms with Crippen LogP contribution in [0.2, 0.25) is 0 Å². The van der Waals surface area contributed by atoms with Gasteiger partial charge in [0.2, 0.25) is 10.0 Å². The Balaban J connectivity index is 3.33. The highest BCUT2D eigenvalue weighted by molar-refractivity contribution is 7.89. The molecule has 90 valence electrons. The van der Waals surface area contributed by atoms with Crippen LogP contribution in [-0.4, -0.2) is 19.6 Å². The van der Waals surface area contributed by atoms with E-state index < -0.39 is 16.1 Å². The second-order valence-corrected chi connectivity index (χ2v) is 5.37. The Morgan fingerprint density at radius 2 is 1.94 bits per heavy atom. The molecule has 0 saturated heterocycles. The quantitative estimate of drug-likeness (QED) is 0.834. The van der Waals surface area contributed by atoms with Crippen LogP contribution in [0, 0.1) is 0 Å². The average molecular weight is 243 g/mol. The van der Waals surface area contributed by atoms with Gasteiger partial charge in [-0.3, -0.25) is 0 Å². The van der Waals surface area contributed by atoms with Crippen LogP contribution in [0.5, 0.6) is 0 Å². The van der Waals surface area contributed by atoms with Crippen molar-refractivity contribution >= 4 is 10.0 Å². The number of aliphatic hydroxyl groups is 1. The van der Waals surface area contributed by atoms with E-state index in [0.29, 0.717) is 12.0 Å². The second kappa shape index (κ2) is 4.95. The van der Waals surface area contributed by atoms with Crippen molar-refractivity contribution in [2.75, 3.05) is 0 Å². The van der Waals surface area contributed by atoms with Crippen LogP contribution >= 0.6 is 0 Å². The number of hydrogen-bond donors (Lipinski definition) is 2. The van der Waals surface area contributed by atoms with Gasteiger partial charge in [-0.15, -0.1) is 0 Å². The van der Waals surface area contributed by atoms with Crippen molar-refractivity contribution < 1.29 is 13.5 Å². The van der Waals surface area contributed by atoms with Gasteiger partial charge in [-0.25, -0.2) is 13.6 Å². The first-order valence-electron chi connectivity index (χ1n) is 5.17. The lowest BCUT2D eigenvalue weighted by Gasteiger charge is -2.20. The van der Waals surface area contributed by atoms with Gasteiger partial charge in [0.05, 0.1) is 11.0 Å². The molecule has 0 aromatic heterocycles. The summed E-state index contributed by atoms with van der Waals surface area (Å²) in [6.45, 7) is 3.55. The standard InChI is InChI=1S/C11H17NO3S/c1-3-9(8(2)13)10-6-4-5-7-11(10)16(12,14)15/h4-9,13H,3H2,1-2H3,(H2,12,14,15). The molecular weight excluding hydrogens is 226 g/mol. The first-order valence-corrected chi connectivity index (χ1v) is 6.72. The molecule has 2 atom stereocenters. The van der Waals surface area contributed by atoms with E-state index in [4.69, 9.17) is 5.14 Å². The molecule has 0 saturated carbocycles. The zero-order chi connectivity index (χ0) is 12.3. The van der Waals surface area contributed by atoms with Gasteiger partial charge in [-0.05, 0) is 25.0 Å². The molecule has 0 bridgehead atoms. The summed E-state index contributed by atoms with van der Waals surface area (Å²) < 4.78 is 22.8. The van der Waals surface area contributed by atoms with Crippen molar-refractivity contribution in [2.24, 2.45) is 5.14 Å². The van der Waals surface area contributed by atoms with Gasteiger partial charge in [-0.2, -0.15) is 0 Å². The number of rotatable bonds is 4. The number of primary sulfonamides is 1. The summed E-state index contributed by atoms with van der Waals surface area (Å²) in [4.78, 5) is 0.0998. The molecule has 0 heterocycles. The molecule has 0 spiro atoms. The Morgan fingerprint density at radius 1 is 1.38 bits per heavy atom. The molecule has 1 rings (SSSR count). The first-order chi connectivity index (χ1) is 7.38. The lowest BCUT2D eigenvalue weighted by molar-refractivity contribution is 0.158. The highest BCUT2D eigenvalue weighted by Gasteiger charge is 2.22. The monoisotopic (exact) mass is 243 g/mol. The Kier molecular flexibility index (Phi) is 4.07. The third-order valence-electron chi connectivity index (χ3n) is 2.65. The molecule has 2 unspecified atom stereocenters. The number of nitrogens with two attached hydrogens (primary N) is 1. The molecule has 5 heteroatoms. The second-order valence-electron chi connectivity index (χ2n) is 3.84. The summed E-state index contributed by atoms with van der Waals surface area (Å²) >= 11 is 0. The fourth-order valence-corrected chi connectivity index (χ4v) is 2.68. The van der Waals surface area contributed by atoms with Crippen molar-refractivity contribution in [3.05, 3.63) is 29.8 Å². The molecular formula is C11H17NO3S. The number of aliphatic hydroxyl groups excluding tert-OH is 1. The summed E-state index contributed by atoms with van der Waals surface area (Å²) in [6.07, 6.45) is 0.0531. The lowest BCUT2D eigenvalue weighted by atomic mass is 9.92. The molecule has 3 N–H and O–H groups in total. The third kappa shape index (κ3) is 2.81.